The monoisotopic (exact) mass is 605 g/mol. The van der Waals surface area contributed by atoms with Crippen molar-refractivity contribution in [3.8, 4) is 11.3 Å². The zero-order valence-electron chi connectivity index (χ0n) is 21.5. The van der Waals surface area contributed by atoms with Gasteiger partial charge in [0, 0.05) is 23.5 Å². The molecule has 0 spiro atoms. The van der Waals surface area contributed by atoms with E-state index in [1.165, 1.54) is 13.2 Å². The highest BCUT2D eigenvalue weighted by Crippen LogP contribution is 2.33. The van der Waals surface area contributed by atoms with Crippen LogP contribution in [-0.4, -0.2) is 43.1 Å². The zero-order chi connectivity index (χ0) is 28.8. The lowest BCUT2D eigenvalue weighted by Gasteiger charge is -2.15. The highest BCUT2D eigenvalue weighted by molar-refractivity contribution is 8.00. The molecule has 11 nitrogen and oxygen atoms in total. The summed E-state index contributed by atoms with van der Waals surface area (Å²) in [5.74, 6) is 4.99. The van der Waals surface area contributed by atoms with Gasteiger partial charge < -0.3 is 10.6 Å². The summed E-state index contributed by atoms with van der Waals surface area (Å²) in [5.41, 5.74) is 0.728. The van der Waals surface area contributed by atoms with E-state index in [0.717, 1.165) is 46.7 Å². The van der Waals surface area contributed by atoms with E-state index in [4.69, 9.17) is 17.4 Å². The van der Waals surface area contributed by atoms with Crippen molar-refractivity contribution in [2.24, 2.45) is 4.99 Å². The lowest BCUT2D eigenvalue weighted by molar-refractivity contribution is -0.137. The smallest absolute Gasteiger partial charge is 0.325 e. The first-order valence-corrected chi connectivity index (χ1v) is 14.2. The van der Waals surface area contributed by atoms with Crippen LogP contribution < -0.4 is 21.1 Å². The summed E-state index contributed by atoms with van der Waals surface area (Å²) in [6.45, 7) is 2.95. The van der Waals surface area contributed by atoms with E-state index >= 15 is 0 Å². The van der Waals surface area contributed by atoms with Crippen molar-refractivity contribution in [1.29, 1.82) is 0 Å². The van der Waals surface area contributed by atoms with Crippen LogP contribution in [0.5, 0.6) is 0 Å². The second kappa shape index (κ2) is 13.1. The highest BCUT2D eigenvalue weighted by Gasteiger charge is 2.15. The van der Waals surface area contributed by atoms with Crippen LogP contribution >= 0.6 is 34.7 Å². The van der Waals surface area contributed by atoms with Crippen LogP contribution in [-0.2, 0) is 22.6 Å². The molecule has 2 aromatic heterocycles. The summed E-state index contributed by atoms with van der Waals surface area (Å²) in [7, 11) is 1.30. The number of fused-ring (bicyclic) bond motifs is 1. The fraction of sp³-hybridized carbons (Fsp3) is 0.280. The van der Waals surface area contributed by atoms with Crippen molar-refractivity contribution in [2.45, 2.75) is 37.8 Å². The maximum Gasteiger partial charge on any atom is 0.325 e. The zero-order valence-corrected chi connectivity index (χ0v) is 23.9. The Labute approximate surface area is 240 Å². The SMILES string of the molecule is COC(=O)CSc1cc(N=c2sc(=O)n3n2CCCC3)c(F)cc1Cl.Cc1nnc(-c2ccccc2)c(=O)n1N. The van der Waals surface area contributed by atoms with Crippen molar-refractivity contribution < 1.29 is 13.9 Å². The molecule has 2 N–H and O–H groups in total. The third-order valence-electron chi connectivity index (χ3n) is 5.79. The van der Waals surface area contributed by atoms with Crippen molar-refractivity contribution in [2.75, 3.05) is 18.7 Å². The lowest BCUT2D eigenvalue weighted by atomic mass is 10.2. The molecular formula is C25H25ClFN7O4S2. The average molecular weight is 606 g/mol. The van der Waals surface area contributed by atoms with Crippen LogP contribution in [0.2, 0.25) is 5.02 Å². The van der Waals surface area contributed by atoms with Gasteiger partial charge in [0.15, 0.2) is 11.5 Å². The largest absolute Gasteiger partial charge is 0.468 e. The molecule has 0 atom stereocenters. The van der Waals surface area contributed by atoms with Gasteiger partial charge in [-0.15, -0.1) is 22.0 Å². The molecule has 0 aliphatic carbocycles. The predicted molar refractivity (Wildman–Crippen MR) is 152 cm³/mol. The van der Waals surface area contributed by atoms with Crippen molar-refractivity contribution in [3.63, 3.8) is 0 Å². The number of carbonyl (C=O) groups excluding carboxylic acids is 1. The summed E-state index contributed by atoms with van der Waals surface area (Å²) in [4.78, 5) is 40.2. The number of nitrogen functional groups attached to an aromatic ring is 1. The summed E-state index contributed by atoms with van der Waals surface area (Å²) >= 11 is 8.17. The fourth-order valence-electron chi connectivity index (χ4n) is 3.68. The van der Waals surface area contributed by atoms with Crippen molar-refractivity contribution in [3.05, 3.63) is 84.0 Å². The van der Waals surface area contributed by atoms with E-state index in [1.807, 2.05) is 18.2 Å². The van der Waals surface area contributed by atoms with Gasteiger partial charge in [0.2, 0.25) is 4.80 Å². The third-order valence-corrected chi connectivity index (χ3v) is 8.12. The molecule has 5 rings (SSSR count). The van der Waals surface area contributed by atoms with Crippen LogP contribution in [0.3, 0.4) is 0 Å². The number of thioether (sulfide) groups is 1. The van der Waals surface area contributed by atoms with Crippen molar-refractivity contribution in [1.82, 2.24) is 24.2 Å². The number of nitrogens with zero attached hydrogens (tertiary/aromatic N) is 6. The summed E-state index contributed by atoms with van der Waals surface area (Å²) in [5, 5.41) is 7.85. The summed E-state index contributed by atoms with van der Waals surface area (Å²) < 4.78 is 23.2. The molecule has 40 heavy (non-hydrogen) atoms. The Morgan fingerprint density at radius 3 is 2.58 bits per heavy atom. The van der Waals surface area contributed by atoms with Crippen LogP contribution in [0.1, 0.15) is 18.7 Å². The van der Waals surface area contributed by atoms with Gasteiger partial charge in [-0.1, -0.05) is 41.9 Å². The van der Waals surface area contributed by atoms with E-state index in [2.05, 4.69) is 19.9 Å². The van der Waals surface area contributed by atoms with Crippen molar-refractivity contribution >= 4 is 46.4 Å². The number of nitrogens with two attached hydrogens (primary N) is 1. The van der Waals surface area contributed by atoms with Crippen LogP contribution in [0.15, 0.2) is 61.9 Å². The number of benzene rings is 2. The van der Waals surface area contributed by atoms with Gasteiger partial charge in [-0.25, -0.2) is 18.7 Å². The molecule has 4 aromatic rings. The number of ether oxygens (including phenoxy) is 1. The van der Waals surface area contributed by atoms with Gasteiger partial charge in [-0.3, -0.25) is 19.1 Å². The Morgan fingerprint density at radius 2 is 1.88 bits per heavy atom. The number of aryl methyl sites for hydroxylation is 1. The van der Waals surface area contributed by atoms with E-state index in [0.29, 0.717) is 34.2 Å². The molecule has 210 valence electrons. The third kappa shape index (κ3) is 6.69. The van der Waals surface area contributed by atoms with Crippen LogP contribution in [0.4, 0.5) is 10.1 Å². The number of esters is 1. The lowest BCUT2D eigenvalue weighted by Crippen LogP contribution is -2.32. The molecule has 1 aliphatic heterocycles. The van der Waals surface area contributed by atoms with Crippen LogP contribution in [0.25, 0.3) is 11.3 Å². The van der Waals surface area contributed by atoms with E-state index in [9.17, 15) is 18.8 Å². The molecule has 0 fully saturated rings. The molecule has 15 heteroatoms. The molecule has 0 amide bonds. The number of aromatic nitrogens is 5. The Hall–Kier alpha value is -3.75. The maximum atomic E-state index is 14.3. The van der Waals surface area contributed by atoms with E-state index in [-0.39, 0.29) is 32.6 Å². The number of hydrogen-bond acceptors (Lipinski definition) is 10. The van der Waals surface area contributed by atoms with Gasteiger partial charge in [0.25, 0.3) is 5.56 Å². The Kier molecular flexibility index (Phi) is 9.55. The first-order chi connectivity index (χ1) is 19.2. The van der Waals surface area contributed by atoms with Gasteiger partial charge >= 0.3 is 10.8 Å². The standard InChI is InChI=1S/C15H15ClFN3O3S2.C10H10N4O/c1-23-13(21)8-24-12-7-11(10(17)6-9(12)16)18-14-19-4-2-3-5-20(19)15(22)25-14;1-7-12-13-9(10(15)14(7)11)8-5-3-2-4-6-8/h6-7H,2-5,8H2,1H3;2-6H,11H2,1H3. The minimum absolute atomic E-state index is 0.0605. The molecular weight excluding hydrogens is 581 g/mol. The molecule has 0 radical (unpaired) electrons. The quantitative estimate of drug-likeness (QED) is 0.208. The highest BCUT2D eigenvalue weighted by atomic mass is 35.5. The summed E-state index contributed by atoms with van der Waals surface area (Å²) in [6, 6.07) is 11.8. The van der Waals surface area contributed by atoms with E-state index in [1.54, 1.807) is 28.4 Å². The first kappa shape index (κ1) is 29.2. The van der Waals surface area contributed by atoms with E-state index < -0.39 is 11.8 Å². The average Bonchev–Trinajstić information content (AvgIpc) is 3.28. The van der Waals surface area contributed by atoms with Gasteiger partial charge in [0.05, 0.1) is 17.9 Å². The molecule has 3 heterocycles. The molecule has 0 saturated carbocycles. The minimum atomic E-state index is -0.580. The number of hydrogen-bond donors (Lipinski definition) is 1. The van der Waals surface area contributed by atoms with Crippen LogP contribution in [0, 0.1) is 12.7 Å². The first-order valence-electron chi connectivity index (χ1n) is 12.0. The summed E-state index contributed by atoms with van der Waals surface area (Å²) in [6.07, 6.45) is 1.90. The number of methoxy groups -OCH3 is 1. The minimum Gasteiger partial charge on any atom is -0.468 e. The second-order valence-corrected chi connectivity index (χ2v) is 10.8. The van der Waals surface area contributed by atoms with Gasteiger partial charge in [0.1, 0.15) is 11.5 Å². The Balaban J connectivity index is 0.000000210. The predicted octanol–water partition coefficient (Wildman–Crippen LogP) is 3.12. The molecule has 0 saturated heterocycles. The Morgan fingerprint density at radius 1 is 1.18 bits per heavy atom. The number of rotatable bonds is 5. The molecule has 0 unspecified atom stereocenters. The number of carbonyl (C=O) groups is 1. The molecule has 0 bridgehead atoms. The molecule has 2 aromatic carbocycles. The molecule has 1 aliphatic rings. The maximum absolute atomic E-state index is 14.3. The van der Waals surface area contributed by atoms with Gasteiger partial charge in [-0.2, -0.15) is 0 Å². The Bertz CT molecular complexity index is 1720. The number of halogens is 2. The van der Waals surface area contributed by atoms with Gasteiger partial charge in [-0.05, 0) is 43.2 Å². The normalized spacial score (nSPS) is 12.8. The fourth-order valence-corrected chi connectivity index (χ4v) is 5.67. The second-order valence-electron chi connectivity index (χ2n) is 8.45. The topological polar surface area (TPSA) is 139 Å².